The highest BCUT2D eigenvalue weighted by atomic mass is 16.7. The van der Waals surface area contributed by atoms with Gasteiger partial charge in [0.05, 0.1) is 6.54 Å². The molecule has 3 N–H and O–H groups in total. The van der Waals surface area contributed by atoms with E-state index in [0.717, 1.165) is 19.6 Å². The van der Waals surface area contributed by atoms with Gasteiger partial charge in [-0.15, -0.1) is 0 Å². The summed E-state index contributed by atoms with van der Waals surface area (Å²) in [5.41, 5.74) is 0.537. The van der Waals surface area contributed by atoms with E-state index in [-0.39, 0.29) is 25.3 Å². The maximum absolute atomic E-state index is 12.0. The van der Waals surface area contributed by atoms with Gasteiger partial charge in [0.1, 0.15) is 0 Å². The van der Waals surface area contributed by atoms with Crippen molar-refractivity contribution in [2.45, 2.75) is 13.0 Å². The summed E-state index contributed by atoms with van der Waals surface area (Å²) >= 11 is 0. The lowest BCUT2D eigenvalue weighted by molar-refractivity contribution is -0.121. The fourth-order valence-electron chi connectivity index (χ4n) is 2.61. The first kappa shape index (κ1) is 15.6. The Bertz CT molecular complexity index is 607. The molecule has 0 spiro atoms. The van der Waals surface area contributed by atoms with E-state index >= 15 is 0 Å². The molecule has 2 aliphatic heterocycles. The molecule has 2 heterocycles. The Balaban J connectivity index is 1.49. The van der Waals surface area contributed by atoms with E-state index in [4.69, 9.17) is 9.47 Å². The molecule has 0 unspecified atom stereocenters. The van der Waals surface area contributed by atoms with Crippen molar-refractivity contribution in [3.8, 4) is 11.5 Å². The largest absolute Gasteiger partial charge is 0.454 e. The first-order valence-electron chi connectivity index (χ1n) is 7.57. The minimum atomic E-state index is -0.559. The number of benzene rings is 1. The molecule has 1 saturated heterocycles. The number of ether oxygens (including phenoxy) is 2. The van der Waals surface area contributed by atoms with Crippen LogP contribution in [0.25, 0.3) is 0 Å². The first-order valence-corrected chi connectivity index (χ1v) is 7.57. The van der Waals surface area contributed by atoms with Crippen molar-refractivity contribution in [1.29, 1.82) is 0 Å². The Morgan fingerprint density at radius 2 is 2.17 bits per heavy atom. The molecule has 1 fully saturated rings. The van der Waals surface area contributed by atoms with Crippen molar-refractivity contribution >= 4 is 17.6 Å². The molecule has 2 aliphatic rings. The molecule has 1 atom stereocenters. The lowest BCUT2D eigenvalue weighted by atomic mass is 10.2. The number of nitrogens with zero attached hydrogens (tertiary/aromatic N) is 1. The maximum Gasteiger partial charge on any atom is 0.325 e. The third-order valence-electron chi connectivity index (χ3n) is 3.87. The van der Waals surface area contributed by atoms with E-state index < -0.39 is 6.03 Å². The van der Waals surface area contributed by atoms with E-state index in [1.807, 2.05) is 11.8 Å². The average molecular weight is 320 g/mol. The summed E-state index contributed by atoms with van der Waals surface area (Å²) in [6.07, 6.45) is 0. The van der Waals surface area contributed by atoms with E-state index in [1.54, 1.807) is 18.2 Å². The van der Waals surface area contributed by atoms with Gasteiger partial charge in [-0.3, -0.25) is 15.0 Å². The van der Waals surface area contributed by atoms with Crippen molar-refractivity contribution in [2.24, 2.45) is 0 Å². The molecule has 1 aromatic rings. The van der Waals surface area contributed by atoms with Crippen LogP contribution in [0.4, 0.5) is 10.5 Å². The van der Waals surface area contributed by atoms with Crippen molar-refractivity contribution in [1.82, 2.24) is 15.5 Å². The Morgan fingerprint density at radius 3 is 3.00 bits per heavy atom. The second kappa shape index (κ2) is 6.84. The molecule has 1 aromatic carbocycles. The molecule has 3 rings (SSSR count). The molecule has 0 saturated carbocycles. The monoisotopic (exact) mass is 320 g/mol. The Labute approximate surface area is 134 Å². The van der Waals surface area contributed by atoms with Gasteiger partial charge < -0.3 is 20.1 Å². The van der Waals surface area contributed by atoms with Crippen LogP contribution in [0.1, 0.15) is 6.92 Å². The van der Waals surface area contributed by atoms with Gasteiger partial charge in [-0.05, 0) is 19.1 Å². The van der Waals surface area contributed by atoms with Crippen LogP contribution in [0.15, 0.2) is 18.2 Å². The molecule has 8 heteroatoms. The number of piperazine rings is 1. The smallest absolute Gasteiger partial charge is 0.325 e. The van der Waals surface area contributed by atoms with Gasteiger partial charge in [0.15, 0.2) is 11.5 Å². The maximum atomic E-state index is 12.0. The van der Waals surface area contributed by atoms with Crippen LogP contribution < -0.4 is 25.4 Å². The number of hydrogen-bond donors (Lipinski definition) is 3. The first-order chi connectivity index (χ1) is 11.1. The number of imide groups is 1. The zero-order valence-corrected chi connectivity index (χ0v) is 12.9. The number of fused-ring (bicyclic) bond motifs is 1. The van der Waals surface area contributed by atoms with Crippen LogP contribution in [0.5, 0.6) is 11.5 Å². The molecular weight excluding hydrogens is 300 g/mol. The molecule has 0 aliphatic carbocycles. The number of rotatable bonds is 3. The summed E-state index contributed by atoms with van der Waals surface area (Å²) in [6, 6.07) is 4.77. The van der Waals surface area contributed by atoms with Gasteiger partial charge in [-0.2, -0.15) is 0 Å². The van der Waals surface area contributed by atoms with Gasteiger partial charge in [0.2, 0.25) is 12.7 Å². The number of anilines is 1. The lowest BCUT2D eigenvalue weighted by Crippen LogP contribution is -2.53. The van der Waals surface area contributed by atoms with Crippen LogP contribution >= 0.6 is 0 Å². The van der Waals surface area contributed by atoms with Gasteiger partial charge in [0, 0.05) is 37.4 Å². The second-order valence-corrected chi connectivity index (χ2v) is 5.59. The third kappa shape index (κ3) is 3.91. The standard InChI is InChI=1S/C15H20N4O4/c1-10-7-16-4-5-19(10)8-14(20)18-15(21)17-11-2-3-12-13(6-11)23-9-22-12/h2-3,6,10,16H,4-5,7-9H2,1H3,(H2,17,18,20,21)/t10-/m1/s1. The fraction of sp³-hybridized carbons (Fsp3) is 0.467. The molecule has 23 heavy (non-hydrogen) atoms. The van der Waals surface area contributed by atoms with E-state index in [0.29, 0.717) is 17.2 Å². The topological polar surface area (TPSA) is 91.9 Å². The SMILES string of the molecule is C[C@@H]1CNCCN1CC(=O)NC(=O)Nc1ccc2c(c1)OCO2. The zero-order chi connectivity index (χ0) is 16.2. The molecule has 0 radical (unpaired) electrons. The molecule has 0 bridgehead atoms. The van der Waals surface area contributed by atoms with Crippen molar-refractivity contribution in [2.75, 3.05) is 38.3 Å². The Morgan fingerprint density at radius 1 is 1.35 bits per heavy atom. The normalized spacial score (nSPS) is 20.1. The van der Waals surface area contributed by atoms with Crippen molar-refractivity contribution in [3.63, 3.8) is 0 Å². The van der Waals surface area contributed by atoms with Crippen molar-refractivity contribution < 1.29 is 19.1 Å². The highest BCUT2D eigenvalue weighted by molar-refractivity contribution is 6.01. The molecule has 8 nitrogen and oxygen atoms in total. The number of nitrogens with one attached hydrogen (secondary N) is 3. The predicted octanol–water partition coefficient (Wildman–Crippen LogP) is 0.357. The Hall–Kier alpha value is -2.32. The molecular formula is C15H20N4O4. The molecule has 124 valence electrons. The number of amides is 3. The Kier molecular flexibility index (Phi) is 4.63. The van der Waals surface area contributed by atoms with Crippen LogP contribution in [0, 0.1) is 0 Å². The van der Waals surface area contributed by atoms with Crippen LogP contribution in [0.2, 0.25) is 0 Å². The van der Waals surface area contributed by atoms with Crippen molar-refractivity contribution in [3.05, 3.63) is 18.2 Å². The van der Waals surface area contributed by atoms with Gasteiger partial charge >= 0.3 is 6.03 Å². The summed E-state index contributed by atoms with van der Waals surface area (Å²) in [7, 11) is 0. The minimum absolute atomic E-state index is 0.173. The number of hydrogen-bond acceptors (Lipinski definition) is 6. The summed E-state index contributed by atoms with van der Waals surface area (Å²) in [6.45, 7) is 4.91. The quantitative estimate of drug-likeness (QED) is 0.745. The summed E-state index contributed by atoms with van der Waals surface area (Å²) in [4.78, 5) is 25.9. The van der Waals surface area contributed by atoms with Crippen LogP contribution in [-0.2, 0) is 4.79 Å². The fourth-order valence-corrected chi connectivity index (χ4v) is 2.61. The van der Waals surface area contributed by atoms with Gasteiger partial charge in [0.25, 0.3) is 0 Å². The number of urea groups is 1. The van der Waals surface area contributed by atoms with E-state index in [1.165, 1.54) is 0 Å². The third-order valence-corrected chi connectivity index (χ3v) is 3.87. The van der Waals surface area contributed by atoms with Gasteiger partial charge in [-0.25, -0.2) is 4.79 Å². The van der Waals surface area contributed by atoms with E-state index in [2.05, 4.69) is 16.0 Å². The molecule has 0 aromatic heterocycles. The lowest BCUT2D eigenvalue weighted by Gasteiger charge is -2.33. The summed E-state index contributed by atoms with van der Waals surface area (Å²) in [5.74, 6) is 0.889. The highest BCUT2D eigenvalue weighted by Crippen LogP contribution is 2.34. The van der Waals surface area contributed by atoms with Crippen LogP contribution in [-0.4, -0.2) is 55.9 Å². The minimum Gasteiger partial charge on any atom is -0.454 e. The second-order valence-electron chi connectivity index (χ2n) is 5.59. The zero-order valence-electron chi connectivity index (χ0n) is 12.9. The van der Waals surface area contributed by atoms with E-state index in [9.17, 15) is 9.59 Å². The number of carbonyl (C=O) groups excluding carboxylic acids is 2. The molecule has 3 amide bonds. The predicted molar refractivity (Wildman–Crippen MR) is 83.6 cm³/mol. The summed E-state index contributed by atoms with van der Waals surface area (Å²) < 4.78 is 10.4. The van der Waals surface area contributed by atoms with Gasteiger partial charge in [-0.1, -0.05) is 0 Å². The summed E-state index contributed by atoms with van der Waals surface area (Å²) in [5, 5.41) is 8.21. The highest BCUT2D eigenvalue weighted by Gasteiger charge is 2.21. The van der Waals surface area contributed by atoms with Crippen LogP contribution in [0.3, 0.4) is 0 Å². The average Bonchev–Trinajstić information content (AvgIpc) is 2.97. The number of carbonyl (C=O) groups is 2.